The first-order valence-corrected chi connectivity index (χ1v) is 11.0. The van der Waals surface area contributed by atoms with Crippen LogP contribution in [-0.2, 0) is 16.2 Å². The molecule has 0 unspecified atom stereocenters. The molecule has 2 aromatic carbocycles. The molecular formula is C20H20F3N3O5S. The van der Waals surface area contributed by atoms with Crippen molar-refractivity contribution in [3.05, 3.63) is 59.7 Å². The van der Waals surface area contributed by atoms with E-state index < -0.39 is 33.8 Å². The van der Waals surface area contributed by atoms with E-state index in [0.717, 1.165) is 24.3 Å². The summed E-state index contributed by atoms with van der Waals surface area (Å²) < 4.78 is 64.5. The molecule has 1 saturated heterocycles. The van der Waals surface area contributed by atoms with E-state index in [1.807, 2.05) is 0 Å². The Kier molecular flexibility index (Phi) is 6.74. The Labute approximate surface area is 182 Å². The van der Waals surface area contributed by atoms with Gasteiger partial charge >= 0.3 is 18.2 Å². The van der Waals surface area contributed by atoms with Crippen LogP contribution >= 0.6 is 0 Å². The summed E-state index contributed by atoms with van der Waals surface area (Å²) in [6.45, 7) is 0.294. The fourth-order valence-corrected chi connectivity index (χ4v) is 4.72. The number of hydrogen-bond donors (Lipinski definition) is 3. The number of alkyl halides is 3. The van der Waals surface area contributed by atoms with Crippen molar-refractivity contribution in [2.24, 2.45) is 0 Å². The van der Waals surface area contributed by atoms with Crippen LogP contribution in [0.5, 0.6) is 0 Å². The topological polar surface area (TPSA) is 116 Å². The second-order valence-electron chi connectivity index (χ2n) is 7.18. The van der Waals surface area contributed by atoms with E-state index in [2.05, 4.69) is 10.6 Å². The number of carbonyl (C=O) groups is 2. The average Bonchev–Trinajstić information content (AvgIpc) is 2.74. The van der Waals surface area contributed by atoms with E-state index in [1.165, 1.54) is 28.6 Å². The lowest BCUT2D eigenvalue weighted by atomic mass is 10.1. The highest BCUT2D eigenvalue weighted by Gasteiger charge is 2.31. The molecule has 8 nitrogen and oxygen atoms in total. The molecule has 0 spiro atoms. The van der Waals surface area contributed by atoms with Crippen LogP contribution in [0, 0.1) is 0 Å². The van der Waals surface area contributed by atoms with Crippen molar-refractivity contribution in [2.45, 2.75) is 30.0 Å². The van der Waals surface area contributed by atoms with Crippen molar-refractivity contribution in [3.8, 4) is 0 Å². The number of benzene rings is 2. The van der Waals surface area contributed by atoms with Crippen molar-refractivity contribution < 1.29 is 36.3 Å². The number of piperidine rings is 1. The average molecular weight is 471 g/mol. The summed E-state index contributed by atoms with van der Waals surface area (Å²) in [6.07, 6.45) is -3.78. The zero-order valence-electron chi connectivity index (χ0n) is 16.6. The number of amides is 2. The molecule has 3 N–H and O–H groups in total. The smallest absolute Gasteiger partial charge is 0.416 e. The summed E-state index contributed by atoms with van der Waals surface area (Å²) in [5.74, 6) is -1.16. The van der Waals surface area contributed by atoms with Gasteiger partial charge in [0.25, 0.3) is 0 Å². The van der Waals surface area contributed by atoms with E-state index in [0.29, 0.717) is 12.8 Å². The molecule has 1 aliphatic heterocycles. The third-order valence-corrected chi connectivity index (χ3v) is 6.91. The molecule has 1 aliphatic rings. The first kappa shape index (κ1) is 23.5. The number of carbonyl (C=O) groups excluding carboxylic acids is 1. The fourth-order valence-electron chi connectivity index (χ4n) is 3.25. The van der Waals surface area contributed by atoms with Gasteiger partial charge in [-0.2, -0.15) is 17.5 Å². The molecule has 0 radical (unpaired) electrons. The number of anilines is 1. The molecule has 0 atom stereocenters. The van der Waals surface area contributed by atoms with E-state index >= 15 is 0 Å². The minimum Gasteiger partial charge on any atom is -0.478 e. The highest BCUT2D eigenvalue weighted by atomic mass is 32.2. The standard InChI is InChI=1S/C20H20F3N3O5S/c21-20(22,23)14-3-5-15(6-4-14)24-19(29)25-16-9-11-26(12-10-16)32(30,31)17-7-1-13(2-8-17)18(27)28/h1-8,16H,9-12H2,(H,27,28)(H2,24,25,29). The van der Waals surface area contributed by atoms with Crippen LogP contribution in [0.2, 0.25) is 0 Å². The molecule has 0 bridgehead atoms. The summed E-state index contributed by atoms with van der Waals surface area (Å²) in [6, 6.07) is 8.01. The molecule has 2 aromatic rings. The van der Waals surface area contributed by atoms with E-state index in [1.54, 1.807) is 0 Å². The molecule has 0 aliphatic carbocycles. The van der Waals surface area contributed by atoms with Crippen LogP contribution in [0.25, 0.3) is 0 Å². The van der Waals surface area contributed by atoms with Gasteiger partial charge in [-0.25, -0.2) is 18.0 Å². The number of nitrogens with zero attached hydrogens (tertiary/aromatic N) is 1. The molecule has 1 heterocycles. The van der Waals surface area contributed by atoms with Gasteiger partial charge in [-0.1, -0.05) is 0 Å². The summed E-state index contributed by atoms with van der Waals surface area (Å²) in [7, 11) is -3.80. The summed E-state index contributed by atoms with van der Waals surface area (Å²) in [4.78, 5) is 23.0. The zero-order chi connectivity index (χ0) is 23.5. The van der Waals surface area contributed by atoms with Crippen LogP contribution in [0.1, 0.15) is 28.8 Å². The molecule has 0 saturated carbocycles. The third-order valence-electron chi connectivity index (χ3n) is 5.00. The third kappa shape index (κ3) is 5.56. The van der Waals surface area contributed by atoms with Gasteiger partial charge in [-0.05, 0) is 61.4 Å². The summed E-state index contributed by atoms with van der Waals surface area (Å²) >= 11 is 0. The molecule has 172 valence electrons. The van der Waals surface area contributed by atoms with Crippen LogP contribution in [-0.4, -0.2) is 49.0 Å². The largest absolute Gasteiger partial charge is 0.478 e. The Balaban J connectivity index is 1.53. The van der Waals surface area contributed by atoms with Crippen molar-refractivity contribution in [3.63, 3.8) is 0 Å². The van der Waals surface area contributed by atoms with Crippen LogP contribution in [0.15, 0.2) is 53.4 Å². The second-order valence-corrected chi connectivity index (χ2v) is 9.12. The Morgan fingerprint density at radius 1 is 0.969 bits per heavy atom. The predicted molar refractivity (Wildman–Crippen MR) is 109 cm³/mol. The van der Waals surface area contributed by atoms with E-state index in [9.17, 15) is 31.2 Å². The SMILES string of the molecule is O=C(Nc1ccc(C(F)(F)F)cc1)NC1CCN(S(=O)(=O)c2ccc(C(=O)O)cc2)CC1. The van der Waals surface area contributed by atoms with Gasteiger partial charge in [0, 0.05) is 24.8 Å². The number of aromatic carboxylic acids is 1. The second kappa shape index (κ2) is 9.17. The normalized spacial score (nSPS) is 15.8. The molecule has 1 fully saturated rings. The van der Waals surface area contributed by atoms with Crippen molar-refractivity contribution in [1.29, 1.82) is 0 Å². The van der Waals surface area contributed by atoms with Gasteiger partial charge in [0.2, 0.25) is 10.0 Å². The predicted octanol–water partition coefficient (Wildman–Crippen LogP) is 3.38. The minimum absolute atomic E-state index is 0.0195. The van der Waals surface area contributed by atoms with Crippen LogP contribution in [0.3, 0.4) is 0 Å². The number of carboxylic acid groups (broad SMARTS) is 1. The maximum absolute atomic E-state index is 12.7. The van der Waals surface area contributed by atoms with E-state index in [-0.39, 0.29) is 35.3 Å². The molecule has 2 amide bonds. The molecule has 3 rings (SSSR count). The number of halogens is 3. The number of rotatable bonds is 5. The van der Waals surface area contributed by atoms with Gasteiger partial charge in [-0.3, -0.25) is 0 Å². The Morgan fingerprint density at radius 3 is 2.03 bits per heavy atom. The number of nitrogens with one attached hydrogen (secondary N) is 2. The van der Waals surface area contributed by atoms with E-state index in [4.69, 9.17) is 5.11 Å². The number of urea groups is 1. The molecule has 32 heavy (non-hydrogen) atoms. The molecule has 0 aromatic heterocycles. The summed E-state index contributed by atoms with van der Waals surface area (Å²) in [5.41, 5.74) is -0.652. The highest BCUT2D eigenvalue weighted by molar-refractivity contribution is 7.89. The minimum atomic E-state index is -4.46. The van der Waals surface area contributed by atoms with Crippen molar-refractivity contribution in [1.82, 2.24) is 9.62 Å². The van der Waals surface area contributed by atoms with Gasteiger partial charge in [0.1, 0.15) is 0 Å². The maximum atomic E-state index is 12.7. The molecule has 12 heteroatoms. The number of sulfonamides is 1. The Bertz CT molecular complexity index is 1080. The number of hydrogen-bond acceptors (Lipinski definition) is 4. The lowest BCUT2D eigenvalue weighted by Crippen LogP contribution is -2.47. The Morgan fingerprint density at radius 2 is 1.53 bits per heavy atom. The first-order valence-electron chi connectivity index (χ1n) is 9.55. The molecular weight excluding hydrogens is 451 g/mol. The fraction of sp³-hybridized carbons (Fsp3) is 0.300. The Hall–Kier alpha value is -3.12. The van der Waals surface area contributed by atoms with Crippen LogP contribution < -0.4 is 10.6 Å². The van der Waals surface area contributed by atoms with Gasteiger partial charge < -0.3 is 15.7 Å². The number of carboxylic acids is 1. The van der Waals surface area contributed by atoms with Gasteiger partial charge in [0.05, 0.1) is 16.0 Å². The maximum Gasteiger partial charge on any atom is 0.416 e. The van der Waals surface area contributed by atoms with Crippen LogP contribution in [0.4, 0.5) is 23.7 Å². The monoisotopic (exact) mass is 471 g/mol. The van der Waals surface area contributed by atoms with Crippen molar-refractivity contribution in [2.75, 3.05) is 18.4 Å². The van der Waals surface area contributed by atoms with Gasteiger partial charge in [-0.15, -0.1) is 0 Å². The lowest BCUT2D eigenvalue weighted by Gasteiger charge is -2.31. The highest BCUT2D eigenvalue weighted by Crippen LogP contribution is 2.29. The zero-order valence-corrected chi connectivity index (χ0v) is 17.4. The summed E-state index contributed by atoms with van der Waals surface area (Å²) in [5, 5.41) is 14.1. The lowest BCUT2D eigenvalue weighted by molar-refractivity contribution is -0.137. The quantitative estimate of drug-likeness (QED) is 0.618. The first-order chi connectivity index (χ1) is 15.0. The van der Waals surface area contributed by atoms with Gasteiger partial charge in [0.15, 0.2) is 0 Å². The van der Waals surface area contributed by atoms with Crippen molar-refractivity contribution >= 4 is 27.7 Å².